The number of carbonyl (C=O) groups is 2. The number of halogens is 1. The molecule has 2 aromatic carbocycles. The van der Waals surface area contributed by atoms with E-state index in [4.69, 9.17) is 4.74 Å². The van der Waals surface area contributed by atoms with Crippen molar-refractivity contribution >= 4 is 27.7 Å². The van der Waals surface area contributed by atoms with Gasteiger partial charge < -0.3 is 15.0 Å². The molecule has 0 radical (unpaired) electrons. The molecule has 172 valence electrons. The van der Waals surface area contributed by atoms with Crippen molar-refractivity contribution in [2.45, 2.75) is 71.5 Å². The molecule has 0 unspecified atom stereocenters. The molecule has 1 N–H and O–H groups in total. The molecule has 32 heavy (non-hydrogen) atoms. The fraction of sp³-hybridized carbons (Fsp3) is 0.462. The Morgan fingerprint density at radius 3 is 2.53 bits per heavy atom. The number of hydrogen-bond acceptors (Lipinski definition) is 3. The average Bonchev–Trinajstić information content (AvgIpc) is 2.78. The number of nitrogens with zero attached hydrogens (tertiary/aromatic N) is 1. The van der Waals surface area contributed by atoms with E-state index < -0.39 is 6.04 Å². The molecule has 0 bridgehead atoms. The first-order chi connectivity index (χ1) is 15.3. The molecule has 1 aliphatic carbocycles. The summed E-state index contributed by atoms with van der Waals surface area (Å²) >= 11 is 3.49. The number of carbonyl (C=O) groups excluding carboxylic acids is 2. The maximum Gasteiger partial charge on any atom is 0.261 e. The van der Waals surface area contributed by atoms with E-state index in [1.54, 1.807) is 11.8 Å². The molecule has 1 saturated carbocycles. The molecule has 1 atom stereocenters. The second-order valence-corrected chi connectivity index (χ2v) is 9.62. The molecule has 2 amide bonds. The Kier molecular flexibility index (Phi) is 8.74. The van der Waals surface area contributed by atoms with E-state index in [0.29, 0.717) is 12.3 Å². The zero-order valence-electron chi connectivity index (χ0n) is 19.2. The van der Waals surface area contributed by atoms with Crippen molar-refractivity contribution in [1.29, 1.82) is 0 Å². The monoisotopic (exact) mass is 500 g/mol. The van der Waals surface area contributed by atoms with Gasteiger partial charge >= 0.3 is 0 Å². The summed E-state index contributed by atoms with van der Waals surface area (Å²) in [5.41, 5.74) is 3.24. The lowest BCUT2D eigenvalue weighted by molar-refractivity contribution is -0.142. The summed E-state index contributed by atoms with van der Waals surface area (Å²) < 4.78 is 6.73. The van der Waals surface area contributed by atoms with Crippen LogP contribution in [-0.4, -0.2) is 35.4 Å². The minimum absolute atomic E-state index is 0.105. The normalized spacial score (nSPS) is 15.1. The topological polar surface area (TPSA) is 58.6 Å². The van der Waals surface area contributed by atoms with Crippen LogP contribution in [0.15, 0.2) is 46.9 Å². The molecule has 2 aromatic rings. The van der Waals surface area contributed by atoms with Gasteiger partial charge in [-0.05, 0) is 74.6 Å². The number of nitrogens with one attached hydrogen (secondary N) is 1. The van der Waals surface area contributed by atoms with E-state index in [9.17, 15) is 9.59 Å². The van der Waals surface area contributed by atoms with E-state index >= 15 is 0 Å². The predicted molar refractivity (Wildman–Crippen MR) is 131 cm³/mol. The Bertz CT molecular complexity index is 940. The fourth-order valence-electron chi connectivity index (χ4n) is 4.02. The van der Waals surface area contributed by atoms with E-state index in [2.05, 4.69) is 21.2 Å². The minimum atomic E-state index is -0.591. The molecule has 5 nitrogen and oxygen atoms in total. The predicted octanol–water partition coefficient (Wildman–Crippen LogP) is 5.31. The number of amides is 2. The van der Waals surface area contributed by atoms with Crippen LogP contribution >= 0.6 is 15.9 Å². The maximum absolute atomic E-state index is 13.2. The van der Waals surface area contributed by atoms with Gasteiger partial charge in [-0.1, -0.05) is 53.4 Å². The van der Waals surface area contributed by atoms with Crippen LogP contribution in [0, 0.1) is 13.8 Å². The van der Waals surface area contributed by atoms with Crippen LogP contribution in [0.3, 0.4) is 0 Å². The van der Waals surface area contributed by atoms with Gasteiger partial charge in [-0.3, -0.25) is 9.59 Å². The van der Waals surface area contributed by atoms with E-state index in [-0.39, 0.29) is 24.5 Å². The summed E-state index contributed by atoms with van der Waals surface area (Å²) in [5.74, 6) is 0.337. The lowest BCUT2D eigenvalue weighted by Crippen LogP contribution is -2.51. The van der Waals surface area contributed by atoms with Crippen molar-refractivity contribution in [2.75, 3.05) is 6.61 Å². The lowest BCUT2D eigenvalue weighted by atomic mass is 9.95. The standard InChI is InChI=1S/C26H33BrN2O3/c1-18-12-13-24(14-19(18)2)32-17-25(30)29(16-21-8-7-9-22(27)15-21)20(3)26(31)28-23-10-5-4-6-11-23/h7-9,12-15,20,23H,4-6,10-11,16-17H2,1-3H3,(H,28,31)/t20-/m1/s1. The summed E-state index contributed by atoms with van der Waals surface area (Å²) in [6.45, 7) is 6.08. The highest BCUT2D eigenvalue weighted by Gasteiger charge is 2.28. The molecular formula is C26H33BrN2O3. The van der Waals surface area contributed by atoms with Crippen molar-refractivity contribution in [3.8, 4) is 5.75 Å². The minimum Gasteiger partial charge on any atom is -0.484 e. The third kappa shape index (κ3) is 6.83. The third-order valence-electron chi connectivity index (χ3n) is 6.20. The van der Waals surface area contributed by atoms with Gasteiger partial charge in [-0.15, -0.1) is 0 Å². The van der Waals surface area contributed by atoms with Gasteiger partial charge in [-0.25, -0.2) is 0 Å². The van der Waals surface area contributed by atoms with Crippen LogP contribution in [0.2, 0.25) is 0 Å². The number of benzene rings is 2. The first-order valence-corrected chi connectivity index (χ1v) is 12.2. The van der Waals surface area contributed by atoms with Crippen LogP contribution in [-0.2, 0) is 16.1 Å². The van der Waals surface area contributed by atoms with Crippen LogP contribution in [0.1, 0.15) is 55.7 Å². The van der Waals surface area contributed by atoms with Gasteiger partial charge in [0.05, 0.1) is 0 Å². The van der Waals surface area contributed by atoms with Gasteiger partial charge in [0.2, 0.25) is 5.91 Å². The molecule has 0 aromatic heterocycles. The SMILES string of the molecule is Cc1ccc(OCC(=O)N(Cc2cccc(Br)c2)[C@H](C)C(=O)NC2CCCCC2)cc1C. The van der Waals surface area contributed by atoms with Crippen molar-refractivity contribution in [1.82, 2.24) is 10.2 Å². The number of rotatable bonds is 8. The zero-order chi connectivity index (χ0) is 23.1. The smallest absolute Gasteiger partial charge is 0.261 e. The Labute approximate surface area is 199 Å². The largest absolute Gasteiger partial charge is 0.484 e. The van der Waals surface area contributed by atoms with Crippen molar-refractivity contribution in [3.05, 3.63) is 63.6 Å². The van der Waals surface area contributed by atoms with Crippen LogP contribution in [0.4, 0.5) is 0 Å². The summed E-state index contributed by atoms with van der Waals surface area (Å²) in [6.07, 6.45) is 5.53. The maximum atomic E-state index is 13.2. The molecule has 6 heteroatoms. The van der Waals surface area contributed by atoms with Gasteiger partial charge in [-0.2, -0.15) is 0 Å². The van der Waals surface area contributed by atoms with Crippen LogP contribution in [0.25, 0.3) is 0 Å². The number of hydrogen-bond donors (Lipinski definition) is 1. The zero-order valence-corrected chi connectivity index (χ0v) is 20.8. The highest BCUT2D eigenvalue weighted by Crippen LogP contribution is 2.20. The number of aryl methyl sites for hydroxylation is 2. The Hall–Kier alpha value is -2.34. The first-order valence-electron chi connectivity index (χ1n) is 11.4. The Morgan fingerprint density at radius 2 is 1.84 bits per heavy atom. The summed E-state index contributed by atoms with van der Waals surface area (Å²) in [5, 5.41) is 3.16. The second-order valence-electron chi connectivity index (χ2n) is 8.71. The van der Waals surface area contributed by atoms with Gasteiger partial charge in [0.25, 0.3) is 5.91 Å². The second kappa shape index (κ2) is 11.5. The lowest BCUT2D eigenvalue weighted by Gasteiger charge is -2.31. The van der Waals surface area contributed by atoms with Crippen molar-refractivity contribution < 1.29 is 14.3 Å². The Balaban J connectivity index is 1.71. The summed E-state index contributed by atoms with van der Waals surface area (Å²) in [4.78, 5) is 27.8. The highest BCUT2D eigenvalue weighted by atomic mass is 79.9. The average molecular weight is 501 g/mol. The van der Waals surface area contributed by atoms with Crippen LogP contribution in [0.5, 0.6) is 5.75 Å². The molecule has 3 rings (SSSR count). The molecular weight excluding hydrogens is 468 g/mol. The summed E-state index contributed by atoms with van der Waals surface area (Å²) in [6, 6.07) is 13.2. The highest BCUT2D eigenvalue weighted by molar-refractivity contribution is 9.10. The molecule has 0 heterocycles. The molecule has 1 aliphatic rings. The van der Waals surface area contributed by atoms with E-state index in [1.165, 1.54) is 12.0 Å². The quantitative estimate of drug-likeness (QED) is 0.534. The fourth-order valence-corrected chi connectivity index (χ4v) is 4.46. The Morgan fingerprint density at radius 1 is 1.09 bits per heavy atom. The van der Waals surface area contributed by atoms with Crippen molar-refractivity contribution in [3.63, 3.8) is 0 Å². The van der Waals surface area contributed by atoms with Gasteiger partial charge in [0.15, 0.2) is 6.61 Å². The van der Waals surface area contributed by atoms with Crippen LogP contribution < -0.4 is 10.1 Å². The van der Waals surface area contributed by atoms with Crippen molar-refractivity contribution in [2.24, 2.45) is 0 Å². The molecule has 0 saturated heterocycles. The van der Waals surface area contributed by atoms with E-state index in [0.717, 1.165) is 41.3 Å². The molecule has 0 spiro atoms. The van der Waals surface area contributed by atoms with Gasteiger partial charge in [0, 0.05) is 17.1 Å². The molecule has 0 aliphatic heterocycles. The third-order valence-corrected chi connectivity index (χ3v) is 6.69. The van der Waals surface area contributed by atoms with Gasteiger partial charge in [0.1, 0.15) is 11.8 Å². The molecule has 1 fully saturated rings. The summed E-state index contributed by atoms with van der Waals surface area (Å²) in [7, 11) is 0. The van der Waals surface area contributed by atoms with E-state index in [1.807, 2.05) is 56.3 Å². The number of ether oxygens (including phenoxy) is 1. The first kappa shape index (κ1) is 24.3.